The van der Waals surface area contributed by atoms with E-state index in [1.807, 2.05) is 38.1 Å². The maximum absolute atomic E-state index is 14.5. The van der Waals surface area contributed by atoms with Gasteiger partial charge in [-0.25, -0.2) is 4.39 Å². The fourth-order valence-electron chi connectivity index (χ4n) is 2.77. The quantitative estimate of drug-likeness (QED) is 0.872. The minimum Gasteiger partial charge on any atom is -0.484 e. The molecular formula is C19H22ClFN2O2. The van der Waals surface area contributed by atoms with Gasteiger partial charge in [-0.15, -0.1) is 12.4 Å². The topological polar surface area (TPSA) is 50.4 Å². The summed E-state index contributed by atoms with van der Waals surface area (Å²) in [5, 5.41) is 5.80. The van der Waals surface area contributed by atoms with Gasteiger partial charge >= 0.3 is 0 Å². The van der Waals surface area contributed by atoms with E-state index >= 15 is 0 Å². The molecule has 25 heavy (non-hydrogen) atoms. The molecule has 1 aliphatic rings. The van der Waals surface area contributed by atoms with E-state index in [9.17, 15) is 9.18 Å². The molecule has 2 N–H and O–H groups in total. The third kappa shape index (κ3) is 4.50. The highest BCUT2D eigenvalue weighted by Crippen LogP contribution is 2.24. The summed E-state index contributed by atoms with van der Waals surface area (Å²) in [6.45, 7) is 5.26. The number of anilines is 1. The Kier molecular flexibility index (Phi) is 6.39. The number of nitrogens with one attached hydrogen (secondary N) is 2. The predicted octanol–water partition coefficient (Wildman–Crippen LogP) is 3.53. The molecule has 0 saturated carbocycles. The molecule has 0 unspecified atom stereocenters. The van der Waals surface area contributed by atoms with Crippen LogP contribution in [0.3, 0.4) is 0 Å². The van der Waals surface area contributed by atoms with E-state index in [2.05, 4.69) is 10.6 Å². The van der Waals surface area contributed by atoms with Crippen molar-refractivity contribution in [2.45, 2.75) is 26.8 Å². The number of hydrogen-bond acceptors (Lipinski definition) is 3. The summed E-state index contributed by atoms with van der Waals surface area (Å²) in [4.78, 5) is 12.0. The Balaban J connectivity index is 0.00000225. The normalized spacial score (nSPS) is 12.8. The maximum atomic E-state index is 14.5. The molecule has 4 nitrogen and oxygen atoms in total. The number of hydrogen-bond donors (Lipinski definition) is 2. The first-order valence-electron chi connectivity index (χ1n) is 8.05. The zero-order valence-corrected chi connectivity index (χ0v) is 15.1. The van der Waals surface area contributed by atoms with Gasteiger partial charge in [-0.1, -0.05) is 12.1 Å². The number of halogens is 2. The van der Waals surface area contributed by atoms with Crippen LogP contribution in [-0.2, 0) is 17.8 Å². The van der Waals surface area contributed by atoms with Gasteiger partial charge in [-0.3, -0.25) is 4.79 Å². The van der Waals surface area contributed by atoms with Crippen LogP contribution >= 0.6 is 12.4 Å². The first kappa shape index (κ1) is 19.2. The lowest BCUT2D eigenvalue weighted by atomic mass is 9.99. The van der Waals surface area contributed by atoms with Crippen molar-refractivity contribution < 1.29 is 13.9 Å². The smallest absolute Gasteiger partial charge is 0.262 e. The molecule has 0 saturated heterocycles. The second-order valence-corrected chi connectivity index (χ2v) is 6.07. The predicted molar refractivity (Wildman–Crippen MR) is 99.1 cm³/mol. The number of benzene rings is 2. The van der Waals surface area contributed by atoms with E-state index in [1.165, 1.54) is 0 Å². The van der Waals surface area contributed by atoms with Crippen molar-refractivity contribution in [3.8, 4) is 5.75 Å². The molecule has 6 heteroatoms. The molecule has 3 rings (SSSR count). The van der Waals surface area contributed by atoms with Gasteiger partial charge in [0.2, 0.25) is 0 Å². The molecule has 2 aromatic rings. The van der Waals surface area contributed by atoms with Crippen LogP contribution < -0.4 is 15.4 Å². The average molecular weight is 365 g/mol. The summed E-state index contributed by atoms with van der Waals surface area (Å²) in [6.07, 6.45) is 0.629. The van der Waals surface area contributed by atoms with Gasteiger partial charge in [-0.2, -0.15) is 0 Å². The number of carbonyl (C=O) groups excluding carboxylic acids is 1. The number of ether oxygens (including phenoxy) is 1. The van der Waals surface area contributed by atoms with Gasteiger partial charge in [0.05, 0.1) is 5.69 Å². The van der Waals surface area contributed by atoms with E-state index in [4.69, 9.17) is 4.74 Å². The molecule has 0 aliphatic carbocycles. The van der Waals surface area contributed by atoms with Crippen molar-refractivity contribution in [3.05, 3.63) is 58.4 Å². The summed E-state index contributed by atoms with van der Waals surface area (Å²) in [6, 6.07) is 9.11. The van der Waals surface area contributed by atoms with Crippen molar-refractivity contribution in [1.82, 2.24) is 5.32 Å². The van der Waals surface area contributed by atoms with Gasteiger partial charge in [0.25, 0.3) is 5.91 Å². The molecular weight excluding hydrogens is 343 g/mol. The number of aryl methyl sites for hydroxylation is 2. The Labute approximate surface area is 153 Å². The molecule has 1 heterocycles. The van der Waals surface area contributed by atoms with E-state index in [1.54, 1.807) is 6.07 Å². The van der Waals surface area contributed by atoms with Crippen molar-refractivity contribution in [3.63, 3.8) is 0 Å². The Morgan fingerprint density at radius 2 is 2.04 bits per heavy atom. The lowest BCUT2D eigenvalue weighted by molar-refractivity contribution is -0.118. The fraction of sp³-hybridized carbons (Fsp3) is 0.316. The standard InChI is InChI=1S/C19H21FN2O2.ClH/c1-12-3-5-15(9-13(12)2)24-11-18(23)22-17-6-4-14-10-21-8-7-16(14)19(17)20;/h3-6,9,21H,7-8,10-11H2,1-2H3,(H,22,23);1H. The molecule has 0 spiro atoms. The Hall–Kier alpha value is -2.11. The second-order valence-electron chi connectivity index (χ2n) is 6.07. The number of fused-ring (bicyclic) bond motifs is 1. The average Bonchev–Trinajstić information content (AvgIpc) is 2.59. The maximum Gasteiger partial charge on any atom is 0.262 e. The van der Waals surface area contributed by atoms with Gasteiger partial charge in [0.15, 0.2) is 6.61 Å². The second kappa shape index (κ2) is 8.32. The monoisotopic (exact) mass is 364 g/mol. The third-order valence-corrected chi connectivity index (χ3v) is 4.33. The SMILES string of the molecule is Cc1ccc(OCC(=O)Nc2ccc3c(c2F)CCNC3)cc1C.Cl. The van der Waals surface area contributed by atoms with Crippen molar-refractivity contribution >= 4 is 24.0 Å². The van der Waals surface area contributed by atoms with Crippen molar-refractivity contribution in [1.29, 1.82) is 0 Å². The van der Waals surface area contributed by atoms with Crippen LogP contribution in [-0.4, -0.2) is 19.1 Å². The molecule has 1 aliphatic heterocycles. The lowest BCUT2D eigenvalue weighted by Gasteiger charge is -2.19. The Morgan fingerprint density at radius 1 is 1.24 bits per heavy atom. The van der Waals surface area contributed by atoms with Crippen LogP contribution in [0.2, 0.25) is 0 Å². The highest BCUT2D eigenvalue weighted by molar-refractivity contribution is 5.92. The molecule has 1 amide bonds. The fourth-order valence-corrected chi connectivity index (χ4v) is 2.77. The van der Waals surface area contributed by atoms with Crippen LogP contribution in [0.4, 0.5) is 10.1 Å². The number of amides is 1. The minimum absolute atomic E-state index is 0. The molecule has 0 bridgehead atoms. The first-order chi connectivity index (χ1) is 11.5. The van der Waals surface area contributed by atoms with Gasteiger partial charge in [0.1, 0.15) is 11.6 Å². The van der Waals surface area contributed by atoms with Gasteiger partial charge in [0, 0.05) is 6.54 Å². The van der Waals surface area contributed by atoms with Crippen LogP contribution in [0.1, 0.15) is 22.3 Å². The highest BCUT2D eigenvalue weighted by Gasteiger charge is 2.17. The summed E-state index contributed by atoms with van der Waals surface area (Å²) < 4.78 is 20.0. The molecule has 134 valence electrons. The first-order valence-corrected chi connectivity index (χ1v) is 8.05. The lowest BCUT2D eigenvalue weighted by Crippen LogP contribution is -2.26. The summed E-state index contributed by atoms with van der Waals surface area (Å²) in [5.74, 6) is -0.0835. The summed E-state index contributed by atoms with van der Waals surface area (Å²) in [7, 11) is 0. The zero-order chi connectivity index (χ0) is 17.1. The van der Waals surface area contributed by atoms with Gasteiger partial charge < -0.3 is 15.4 Å². The van der Waals surface area contributed by atoms with E-state index in [-0.39, 0.29) is 36.4 Å². The molecule has 0 fully saturated rings. The van der Waals surface area contributed by atoms with Gasteiger partial charge in [-0.05, 0) is 67.3 Å². The molecule has 0 aromatic heterocycles. The van der Waals surface area contributed by atoms with Crippen molar-refractivity contribution in [2.24, 2.45) is 0 Å². The number of rotatable bonds is 4. The molecule has 0 radical (unpaired) electrons. The van der Waals surface area contributed by atoms with Crippen LogP contribution in [0.25, 0.3) is 0 Å². The van der Waals surface area contributed by atoms with Crippen LogP contribution in [0.15, 0.2) is 30.3 Å². The van der Waals surface area contributed by atoms with E-state index < -0.39 is 0 Å². The molecule has 0 atom stereocenters. The summed E-state index contributed by atoms with van der Waals surface area (Å²) >= 11 is 0. The minimum atomic E-state index is -0.374. The van der Waals surface area contributed by atoms with Crippen LogP contribution in [0, 0.1) is 19.7 Å². The molecule has 2 aromatic carbocycles. The van der Waals surface area contributed by atoms with E-state index in [0.29, 0.717) is 24.3 Å². The third-order valence-electron chi connectivity index (χ3n) is 4.33. The summed E-state index contributed by atoms with van der Waals surface area (Å²) in [5.41, 5.74) is 4.11. The van der Waals surface area contributed by atoms with Crippen molar-refractivity contribution in [2.75, 3.05) is 18.5 Å². The number of carbonyl (C=O) groups is 1. The highest BCUT2D eigenvalue weighted by atomic mass is 35.5. The Bertz CT molecular complexity index is 780. The zero-order valence-electron chi connectivity index (χ0n) is 14.3. The largest absolute Gasteiger partial charge is 0.484 e. The Morgan fingerprint density at radius 3 is 2.80 bits per heavy atom. The van der Waals surface area contributed by atoms with Crippen LogP contribution in [0.5, 0.6) is 5.75 Å². The van der Waals surface area contributed by atoms with E-state index in [0.717, 1.165) is 23.2 Å².